The number of hydrogen-bond donors (Lipinski definition) is 0. The maximum Gasteiger partial charge on any atom is 0.332 e. The molecule has 0 atom stereocenters. The summed E-state index contributed by atoms with van der Waals surface area (Å²) in [6.07, 6.45) is 1.89. The van der Waals surface area contributed by atoms with Gasteiger partial charge in [0.15, 0.2) is 11.2 Å². The van der Waals surface area contributed by atoms with E-state index in [0.717, 1.165) is 22.5 Å². The molecule has 4 rings (SSSR count). The van der Waals surface area contributed by atoms with Gasteiger partial charge >= 0.3 is 5.69 Å². The first-order valence-corrected chi connectivity index (χ1v) is 9.13. The number of allylic oxidation sites excluding steroid dienone is 1. The van der Waals surface area contributed by atoms with Crippen molar-refractivity contribution in [2.45, 2.75) is 34.2 Å². The van der Waals surface area contributed by atoms with Crippen LogP contribution in [0.25, 0.3) is 22.6 Å². The Morgan fingerprint density at radius 3 is 2.57 bits per heavy atom. The molecule has 0 radical (unpaired) electrons. The van der Waals surface area contributed by atoms with Gasteiger partial charge in [-0.2, -0.15) is 4.98 Å². The molecule has 28 heavy (non-hydrogen) atoms. The maximum atomic E-state index is 13.1. The molecule has 0 unspecified atom stereocenters. The molecule has 0 saturated heterocycles. The molecule has 0 spiro atoms. The molecule has 7 heteroatoms. The van der Waals surface area contributed by atoms with Crippen molar-refractivity contribution in [2.75, 3.05) is 0 Å². The minimum absolute atomic E-state index is 0.186. The van der Waals surface area contributed by atoms with Crippen LogP contribution < -0.4 is 11.2 Å². The largest absolute Gasteiger partial charge is 0.332 e. The van der Waals surface area contributed by atoms with E-state index in [2.05, 4.69) is 31.5 Å². The Balaban J connectivity index is 2.16. The van der Waals surface area contributed by atoms with E-state index in [4.69, 9.17) is 0 Å². The Morgan fingerprint density at radius 1 is 1.18 bits per heavy atom. The molecule has 0 N–H and O–H groups in total. The third-order valence-corrected chi connectivity index (χ3v) is 5.27. The molecule has 1 aromatic carbocycles. The molecule has 7 nitrogen and oxygen atoms in total. The Hall–Kier alpha value is -3.35. The van der Waals surface area contributed by atoms with E-state index in [0.29, 0.717) is 16.9 Å². The number of rotatable bonds is 3. The van der Waals surface area contributed by atoms with Crippen molar-refractivity contribution in [3.05, 3.63) is 74.2 Å². The summed E-state index contributed by atoms with van der Waals surface area (Å²) < 4.78 is 6.44. The Labute approximate surface area is 161 Å². The number of aromatic nitrogens is 5. The standard InChI is InChI=1S/C21H23N5O2/c1-12(2)10-25-19(27)17-18(23(6)21(25)28)22-20-24(17)11-14(4)26(20)16-9-7-8-13(3)15(16)5/h7-9,11H,1,10H2,2-6H3. The molecule has 0 amide bonds. The second-order valence-corrected chi connectivity index (χ2v) is 7.47. The molecule has 0 fully saturated rings. The molecule has 0 aliphatic heterocycles. The lowest BCUT2D eigenvalue weighted by Gasteiger charge is -2.11. The summed E-state index contributed by atoms with van der Waals surface area (Å²) in [4.78, 5) is 30.5. The van der Waals surface area contributed by atoms with Crippen LogP contribution in [0.15, 0.2) is 46.1 Å². The normalized spacial score (nSPS) is 11.6. The number of nitrogens with zero attached hydrogens (tertiary/aromatic N) is 5. The fourth-order valence-corrected chi connectivity index (χ4v) is 3.70. The summed E-state index contributed by atoms with van der Waals surface area (Å²) in [5.74, 6) is 0.612. The summed E-state index contributed by atoms with van der Waals surface area (Å²) in [6, 6.07) is 6.11. The second kappa shape index (κ2) is 6.09. The fraction of sp³-hybridized carbons (Fsp3) is 0.286. The van der Waals surface area contributed by atoms with Crippen LogP contribution in [0.3, 0.4) is 0 Å². The molecule has 0 aliphatic rings. The van der Waals surface area contributed by atoms with Crippen molar-refractivity contribution in [3.8, 4) is 5.69 Å². The van der Waals surface area contributed by atoms with Gasteiger partial charge in [-0.3, -0.25) is 22.9 Å². The number of imidazole rings is 2. The lowest BCUT2D eigenvalue weighted by atomic mass is 10.1. The van der Waals surface area contributed by atoms with Crippen LogP contribution in [0.1, 0.15) is 23.7 Å². The highest BCUT2D eigenvalue weighted by Crippen LogP contribution is 2.24. The number of benzene rings is 1. The summed E-state index contributed by atoms with van der Waals surface area (Å²) in [7, 11) is 1.64. The van der Waals surface area contributed by atoms with Gasteiger partial charge in [-0.05, 0) is 44.9 Å². The molecule has 0 saturated carbocycles. The molecule has 0 bridgehead atoms. The van der Waals surface area contributed by atoms with Crippen LogP contribution in [0.4, 0.5) is 0 Å². The zero-order valence-electron chi connectivity index (χ0n) is 16.8. The van der Waals surface area contributed by atoms with E-state index in [9.17, 15) is 9.59 Å². The van der Waals surface area contributed by atoms with Gasteiger partial charge in [-0.15, -0.1) is 0 Å². The van der Waals surface area contributed by atoms with Crippen molar-refractivity contribution < 1.29 is 0 Å². The highest BCUT2D eigenvalue weighted by molar-refractivity contribution is 5.76. The molecule has 3 heterocycles. The highest BCUT2D eigenvalue weighted by Gasteiger charge is 2.21. The molecule has 3 aromatic heterocycles. The monoisotopic (exact) mass is 377 g/mol. The summed E-state index contributed by atoms with van der Waals surface area (Å²) in [5, 5.41) is 0. The molecule has 4 aromatic rings. The van der Waals surface area contributed by atoms with E-state index in [1.54, 1.807) is 18.4 Å². The minimum atomic E-state index is -0.392. The zero-order valence-corrected chi connectivity index (χ0v) is 16.8. The first-order valence-electron chi connectivity index (χ1n) is 9.13. The fourth-order valence-electron chi connectivity index (χ4n) is 3.70. The van der Waals surface area contributed by atoms with E-state index >= 15 is 0 Å². The van der Waals surface area contributed by atoms with Gasteiger partial charge in [0.1, 0.15) is 0 Å². The van der Waals surface area contributed by atoms with Crippen molar-refractivity contribution in [3.63, 3.8) is 0 Å². The van der Waals surface area contributed by atoms with E-state index < -0.39 is 5.69 Å². The van der Waals surface area contributed by atoms with E-state index in [1.807, 2.05) is 29.8 Å². The SMILES string of the molecule is C=C(C)Cn1c(=O)c2c(nc3n(-c4cccc(C)c4C)c(C)cn23)n(C)c1=O. The van der Waals surface area contributed by atoms with Crippen LogP contribution in [-0.2, 0) is 13.6 Å². The van der Waals surface area contributed by atoms with Crippen LogP contribution in [0.2, 0.25) is 0 Å². The Kier molecular flexibility index (Phi) is 3.92. The number of hydrogen-bond acceptors (Lipinski definition) is 3. The average Bonchev–Trinajstić information content (AvgIpc) is 3.14. The minimum Gasteiger partial charge on any atom is -0.283 e. The predicted octanol–water partition coefficient (Wildman–Crippen LogP) is 2.64. The second-order valence-electron chi connectivity index (χ2n) is 7.47. The molecular weight excluding hydrogens is 354 g/mol. The first kappa shape index (κ1) is 18.0. The van der Waals surface area contributed by atoms with Gasteiger partial charge in [0, 0.05) is 18.9 Å². The molecule has 144 valence electrons. The lowest BCUT2D eigenvalue weighted by Crippen LogP contribution is -2.39. The Morgan fingerprint density at radius 2 is 1.89 bits per heavy atom. The van der Waals surface area contributed by atoms with Crippen LogP contribution in [-0.4, -0.2) is 23.1 Å². The van der Waals surface area contributed by atoms with Gasteiger partial charge in [-0.1, -0.05) is 24.3 Å². The van der Waals surface area contributed by atoms with E-state index in [-0.39, 0.29) is 12.1 Å². The van der Waals surface area contributed by atoms with E-state index in [1.165, 1.54) is 14.7 Å². The predicted molar refractivity (Wildman–Crippen MR) is 111 cm³/mol. The summed E-state index contributed by atoms with van der Waals surface area (Å²) >= 11 is 0. The van der Waals surface area contributed by atoms with Gasteiger partial charge in [0.05, 0.1) is 12.2 Å². The smallest absolute Gasteiger partial charge is 0.283 e. The van der Waals surface area contributed by atoms with Crippen LogP contribution in [0, 0.1) is 20.8 Å². The molecular formula is C21H23N5O2. The van der Waals surface area contributed by atoms with Crippen LogP contribution in [0.5, 0.6) is 0 Å². The first-order chi connectivity index (χ1) is 13.2. The topological polar surface area (TPSA) is 66.2 Å². The third-order valence-electron chi connectivity index (χ3n) is 5.27. The van der Waals surface area contributed by atoms with Gasteiger partial charge in [-0.25, -0.2) is 4.79 Å². The average molecular weight is 377 g/mol. The van der Waals surface area contributed by atoms with Gasteiger partial charge in [0.25, 0.3) is 5.56 Å². The van der Waals surface area contributed by atoms with Crippen molar-refractivity contribution >= 4 is 16.9 Å². The summed E-state index contributed by atoms with van der Waals surface area (Å²) in [5.41, 5.74) is 5.05. The third kappa shape index (κ3) is 2.39. The maximum absolute atomic E-state index is 13.1. The summed E-state index contributed by atoms with van der Waals surface area (Å²) in [6.45, 7) is 11.9. The molecule has 0 aliphatic carbocycles. The Bertz CT molecular complexity index is 1390. The van der Waals surface area contributed by atoms with Crippen LogP contribution >= 0.6 is 0 Å². The highest BCUT2D eigenvalue weighted by atomic mass is 16.2. The lowest BCUT2D eigenvalue weighted by molar-refractivity contribution is 0.651. The van der Waals surface area contributed by atoms with Crippen molar-refractivity contribution in [1.29, 1.82) is 0 Å². The number of aryl methyl sites for hydroxylation is 3. The number of fused-ring (bicyclic) bond motifs is 3. The van der Waals surface area contributed by atoms with Gasteiger partial charge in [0.2, 0.25) is 5.78 Å². The van der Waals surface area contributed by atoms with Gasteiger partial charge < -0.3 is 0 Å². The van der Waals surface area contributed by atoms with Crippen molar-refractivity contribution in [2.24, 2.45) is 7.05 Å². The zero-order chi connectivity index (χ0) is 20.3. The van der Waals surface area contributed by atoms with Crippen molar-refractivity contribution in [1.82, 2.24) is 23.1 Å². The quantitative estimate of drug-likeness (QED) is 0.516.